The standard InChI is InChI=1S/C23H28N4O2.HI/c1-17(2)21-15-19(29-27-21)16-26-23(24-3)25-13-14-28-22-12-8-7-11-20(22)18-9-5-4-6-10-18;/h4-12,15,17H,13-14,16H2,1-3H3,(H2,24,25,26);1H. The Balaban J connectivity index is 0.00000320. The first kappa shape index (κ1) is 23.7. The fourth-order valence-electron chi connectivity index (χ4n) is 2.85. The lowest BCUT2D eigenvalue weighted by Crippen LogP contribution is -2.38. The Morgan fingerprint density at radius 3 is 2.50 bits per heavy atom. The number of nitrogens with zero attached hydrogens (tertiary/aromatic N) is 2. The van der Waals surface area contributed by atoms with Crippen molar-refractivity contribution < 1.29 is 9.26 Å². The largest absolute Gasteiger partial charge is 0.491 e. The maximum absolute atomic E-state index is 6.01. The third kappa shape index (κ3) is 6.76. The molecule has 1 aromatic heterocycles. The van der Waals surface area contributed by atoms with Gasteiger partial charge in [0, 0.05) is 18.7 Å². The molecule has 0 unspecified atom stereocenters. The molecule has 6 nitrogen and oxygen atoms in total. The molecule has 1 heterocycles. The van der Waals surface area contributed by atoms with Gasteiger partial charge in [0.25, 0.3) is 0 Å². The number of rotatable bonds is 8. The number of halogens is 1. The van der Waals surface area contributed by atoms with Gasteiger partial charge in [-0.1, -0.05) is 67.5 Å². The van der Waals surface area contributed by atoms with Crippen molar-refractivity contribution >= 4 is 29.9 Å². The predicted octanol–water partition coefficient (Wildman–Crippen LogP) is 4.83. The van der Waals surface area contributed by atoms with Gasteiger partial charge in [-0.3, -0.25) is 4.99 Å². The minimum absolute atomic E-state index is 0. The van der Waals surface area contributed by atoms with Crippen LogP contribution in [0.4, 0.5) is 0 Å². The highest BCUT2D eigenvalue weighted by atomic mass is 127. The van der Waals surface area contributed by atoms with Crippen LogP contribution in [0.2, 0.25) is 0 Å². The molecular formula is C23H29IN4O2. The third-order valence-corrected chi connectivity index (χ3v) is 4.45. The molecule has 0 saturated heterocycles. The summed E-state index contributed by atoms with van der Waals surface area (Å²) < 4.78 is 11.3. The lowest BCUT2D eigenvalue weighted by molar-refractivity contribution is 0.323. The Morgan fingerprint density at radius 2 is 1.80 bits per heavy atom. The van der Waals surface area contributed by atoms with Gasteiger partial charge in [-0.15, -0.1) is 24.0 Å². The second kappa shape index (κ2) is 12.2. The van der Waals surface area contributed by atoms with E-state index in [-0.39, 0.29) is 24.0 Å². The minimum Gasteiger partial charge on any atom is -0.491 e. The van der Waals surface area contributed by atoms with E-state index in [2.05, 4.69) is 52.8 Å². The molecule has 0 amide bonds. The van der Waals surface area contributed by atoms with Crippen molar-refractivity contribution in [1.29, 1.82) is 0 Å². The summed E-state index contributed by atoms with van der Waals surface area (Å²) in [7, 11) is 1.74. The second-order valence-electron chi connectivity index (χ2n) is 6.94. The number of benzene rings is 2. The zero-order valence-corrected chi connectivity index (χ0v) is 19.9. The maximum Gasteiger partial charge on any atom is 0.191 e. The molecule has 0 aliphatic carbocycles. The fraction of sp³-hybridized carbons (Fsp3) is 0.304. The zero-order valence-electron chi connectivity index (χ0n) is 17.6. The Hall–Kier alpha value is -2.55. The molecule has 0 atom stereocenters. The molecule has 3 rings (SSSR count). The molecule has 0 fully saturated rings. The van der Waals surface area contributed by atoms with E-state index < -0.39 is 0 Å². The number of ether oxygens (including phenoxy) is 1. The van der Waals surface area contributed by atoms with Crippen molar-refractivity contribution in [2.24, 2.45) is 4.99 Å². The van der Waals surface area contributed by atoms with E-state index in [0.717, 1.165) is 28.3 Å². The van der Waals surface area contributed by atoms with Gasteiger partial charge in [-0.2, -0.15) is 0 Å². The summed E-state index contributed by atoms with van der Waals surface area (Å²) >= 11 is 0. The number of aliphatic imine (C=N–C) groups is 1. The highest BCUT2D eigenvalue weighted by molar-refractivity contribution is 14.0. The molecule has 0 aliphatic heterocycles. The van der Waals surface area contributed by atoms with Crippen LogP contribution < -0.4 is 15.4 Å². The van der Waals surface area contributed by atoms with Crippen LogP contribution in [-0.4, -0.2) is 31.3 Å². The minimum atomic E-state index is 0. The molecule has 7 heteroatoms. The summed E-state index contributed by atoms with van der Waals surface area (Å²) in [6.07, 6.45) is 0. The Morgan fingerprint density at radius 1 is 1.07 bits per heavy atom. The molecular weight excluding hydrogens is 491 g/mol. The van der Waals surface area contributed by atoms with Crippen molar-refractivity contribution in [2.75, 3.05) is 20.2 Å². The number of aromatic nitrogens is 1. The van der Waals surface area contributed by atoms with E-state index in [1.807, 2.05) is 42.5 Å². The first-order chi connectivity index (χ1) is 14.2. The number of nitrogens with one attached hydrogen (secondary N) is 2. The van der Waals surface area contributed by atoms with Crippen molar-refractivity contribution in [3.63, 3.8) is 0 Å². The smallest absolute Gasteiger partial charge is 0.191 e. The van der Waals surface area contributed by atoms with Crippen LogP contribution in [0.15, 0.2) is 70.2 Å². The van der Waals surface area contributed by atoms with Gasteiger partial charge in [0.15, 0.2) is 11.7 Å². The van der Waals surface area contributed by atoms with E-state index in [0.29, 0.717) is 31.6 Å². The van der Waals surface area contributed by atoms with E-state index >= 15 is 0 Å². The first-order valence-electron chi connectivity index (χ1n) is 9.84. The predicted molar refractivity (Wildman–Crippen MR) is 132 cm³/mol. The Labute approximate surface area is 195 Å². The van der Waals surface area contributed by atoms with Crippen LogP contribution in [0, 0.1) is 0 Å². The fourth-order valence-corrected chi connectivity index (χ4v) is 2.85. The van der Waals surface area contributed by atoms with Crippen LogP contribution in [0.3, 0.4) is 0 Å². The van der Waals surface area contributed by atoms with E-state index in [1.54, 1.807) is 7.05 Å². The van der Waals surface area contributed by atoms with Gasteiger partial charge in [0.2, 0.25) is 0 Å². The van der Waals surface area contributed by atoms with Crippen LogP contribution in [0.1, 0.15) is 31.2 Å². The highest BCUT2D eigenvalue weighted by Crippen LogP contribution is 2.29. The summed E-state index contributed by atoms with van der Waals surface area (Å²) in [5.41, 5.74) is 3.18. The highest BCUT2D eigenvalue weighted by Gasteiger charge is 2.08. The number of hydrogen-bond acceptors (Lipinski definition) is 4. The summed E-state index contributed by atoms with van der Waals surface area (Å²) in [6.45, 7) is 5.84. The first-order valence-corrected chi connectivity index (χ1v) is 9.84. The van der Waals surface area contributed by atoms with E-state index in [9.17, 15) is 0 Å². The molecule has 2 N–H and O–H groups in total. The average molecular weight is 520 g/mol. The molecule has 2 aromatic carbocycles. The van der Waals surface area contributed by atoms with E-state index in [1.165, 1.54) is 0 Å². The molecule has 0 bridgehead atoms. The molecule has 160 valence electrons. The molecule has 0 spiro atoms. The van der Waals surface area contributed by atoms with Crippen molar-refractivity contribution in [1.82, 2.24) is 15.8 Å². The van der Waals surface area contributed by atoms with Gasteiger partial charge >= 0.3 is 0 Å². The van der Waals surface area contributed by atoms with Gasteiger partial charge < -0.3 is 19.9 Å². The Bertz CT molecular complexity index is 926. The number of hydrogen-bond donors (Lipinski definition) is 2. The average Bonchev–Trinajstić information content (AvgIpc) is 3.24. The quantitative estimate of drug-likeness (QED) is 0.193. The lowest BCUT2D eigenvalue weighted by atomic mass is 10.1. The third-order valence-electron chi connectivity index (χ3n) is 4.45. The monoisotopic (exact) mass is 520 g/mol. The number of guanidine groups is 1. The van der Waals surface area contributed by atoms with Crippen LogP contribution in [0.25, 0.3) is 11.1 Å². The topological polar surface area (TPSA) is 71.7 Å². The summed E-state index contributed by atoms with van der Waals surface area (Å²) in [5.74, 6) is 2.68. The normalized spacial score (nSPS) is 11.1. The van der Waals surface area contributed by atoms with E-state index in [4.69, 9.17) is 9.26 Å². The molecule has 3 aromatic rings. The van der Waals surface area contributed by atoms with Gasteiger partial charge in [-0.05, 0) is 17.5 Å². The molecule has 0 saturated carbocycles. The number of para-hydroxylation sites is 1. The van der Waals surface area contributed by atoms with Crippen LogP contribution in [-0.2, 0) is 6.54 Å². The molecule has 30 heavy (non-hydrogen) atoms. The van der Waals surface area contributed by atoms with Crippen molar-refractivity contribution in [3.8, 4) is 16.9 Å². The summed E-state index contributed by atoms with van der Waals surface area (Å²) in [5, 5.41) is 10.5. The van der Waals surface area contributed by atoms with Crippen LogP contribution >= 0.6 is 24.0 Å². The second-order valence-corrected chi connectivity index (χ2v) is 6.94. The van der Waals surface area contributed by atoms with Gasteiger partial charge in [-0.25, -0.2) is 0 Å². The SMILES string of the molecule is CN=C(NCCOc1ccccc1-c1ccccc1)NCc1cc(C(C)C)no1.I. The van der Waals surface area contributed by atoms with Gasteiger partial charge in [0.1, 0.15) is 12.4 Å². The van der Waals surface area contributed by atoms with Crippen LogP contribution in [0.5, 0.6) is 5.75 Å². The van der Waals surface area contributed by atoms with Gasteiger partial charge in [0.05, 0.1) is 18.8 Å². The Kier molecular flexibility index (Phi) is 9.66. The summed E-state index contributed by atoms with van der Waals surface area (Å²) in [4.78, 5) is 4.23. The lowest BCUT2D eigenvalue weighted by Gasteiger charge is -2.14. The molecule has 0 radical (unpaired) electrons. The summed E-state index contributed by atoms with van der Waals surface area (Å²) in [6, 6.07) is 20.3. The zero-order chi connectivity index (χ0) is 20.5. The van der Waals surface area contributed by atoms with Crippen molar-refractivity contribution in [3.05, 3.63) is 72.1 Å². The maximum atomic E-state index is 6.01. The molecule has 0 aliphatic rings. The van der Waals surface area contributed by atoms with Crippen molar-refractivity contribution in [2.45, 2.75) is 26.3 Å².